The van der Waals surface area contributed by atoms with E-state index in [2.05, 4.69) is 66.4 Å². The summed E-state index contributed by atoms with van der Waals surface area (Å²) in [5.74, 6) is 3.65. The van der Waals surface area contributed by atoms with E-state index in [4.69, 9.17) is 4.79 Å². The fraction of sp³-hybridized carbons (Fsp3) is 0.771. The minimum Gasteiger partial charge on any atom is -0.471 e. The third kappa shape index (κ3) is 7.80. The molecule has 1 aromatic rings. The van der Waals surface area contributed by atoms with E-state index in [1.54, 1.807) is 0 Å². The molecule has 0 radical (unpaired) electrons. The molecule has 4 aliphatic carbocycles. The van der Waals surface area contributed by atoms with Crippen molar-refractivity contribution in [2.45, 2.75) is 110 Å². The van der Waals surface area contributed by atoms with Gasteiger partial charge in [-0.1, -0.05) is 33.3 Å². The molecule has 1 aromatic heterocycles. The van der Waals surface area contributed by atoms with Crippen LogP contribution in [0.5, 0.6) is 0 Å². The molecule has 41 heavy (non-hydrogen) atoms. The van der Waals surface area contributed by atoms with Crippen LogP contribution in [0.4, 0.5) is 0 Å². The van der Waals surface area contributed by atoms with Gasteiger partial charge in [-0.2, -0.15) is 0 Å². The van der Waals surface area contributed by atoms with Gasteiger partial charge in [0.25, 0.3) is 6.47 Å². The first-order valence-corrected chi connectivity index (χ1v) is 16.4. The number of carbonyl (C=O) groups excluding carboxylic acids is 1. The summed E-state index contributed by atoms with van der Waals surface area (Å²) in [6.07, 6.45) is 16.1. The largest absolute Gasteiger partial charge is 0.471 e. The van der Waals surface area contributed by atoms with Crippen molar-refractivity contribution >= 4 is 6.47 Å². The van der Waals surface area contributed by atoms with Gasteiger partial charge in [0.15, 0.2) is 0 Å². The minimum atomic E-state index is -0.0674. The molecule has 0 aromatic carbocycles. The van der Waals surface area contributed by atoms with Crippen molar-refractivity contribution in [3.63, 3.8) is 0 Å². The zero-order chi connectivity index (χ0) is 29.9. The minimum absolute atomic E-state index is 0.0674. The van der Waals surface area contributed by atoms with E-state index in [-0.39, 0.29) is 6.10 Å². The highest BCUT2D eigenvalue weighted by atomic mass is 16.5. The number of rotatable bonds is 10. The van der Waals surface area contributed by atoms with E-state index in [1.165, 1.54) is 71.3 Å². The number of unbranched alkanes of at least 4 members (excludes halogenated alkanes) is 1. The summed E-state index contributed by atoms with van der Waals surface area (Å²) in [6.45, 7) is 17.0. The molecule has 0 spiro atoms. The summed E-state index contributed by atoms with van der Waals surface area (Å²) < 4.78 is 3.86. The first kappa shape index (κ1) is 33.7. The lowest BCUT2D eigenvalue weighted by Crippen LogP contribution is -2.59. The van der Waals surface area contributed by atoms with Crippen LogP contribution in [0.15, 0.2) is 37.6 Å². The molecule has 0 bridgehead atoms. The van der Waals surface area contributed by atoms with Gasteiger partial charge in [-0.25, -0.2) is 0 Å². The molecule has 6 nitrogen and oxygen atoms in total. The number of aliphatic hydroxyl groups excluding tert-OH is 1. The number of pyridine rings is 1. The molecule has 9 atom stereocenters. The molecule has 6 heteroatoms. The smallest absolute Gasteiger partial charge is 0.292 e. The topological polar surface area (TPSA) is 83.5 Å². The fourth-order valence-corrected chi connectivity index (χ4v) is 9.59. The number of nitrogens with one attached hydrogen (secondary N) is 2. The van der Waals surface area contributed by atoms with Crippen molar-refractivity contribution in [3.8, 4) is 0 Å². The highest BCUT2D eigenvalue weighted by molar-refractivity contribution is 5.36. The average molecular weight is 570 g/mol. The van der Waals surface area contributed by atoms with Crippen molar-refractivity contribution in [1.82, 2.24) is 15.6 Å². The molecule has 5 rings (SSSR count). The lowest BCUT2D eigenvalue weighted by Gasteiger charge is -2.62. The van der Waals surface area contributed by atoms with Crippen LogP contribution >= 0.6 is 0 Å². The molecule has 4 saturated carbocycles. The first-order valence-electron chi connectivity index (χ1n) is 16.4. The Morgan fingerprint density at radius 3 is 2.44 bits per heavy atom. The van der Waals surface area contributed by atoms with Crippen LogP contribution in [0.25, 0.3) is 0 Å². The Bertz CT molecular complexity index is 900. The number of hydrogen-bond donors (Lipinski definition) is 3. The zero-order valence-electron chi connectivity index (χ0n) is 26.5. The van der Waals surface area contributed by atoms with E-state index in [9.17, 15) is 5.11 Å². The lowest BCUT2D eigenvalue weighted by molar-refractivity contribution is -0.165. The number of carbonyl (C=O) groups is 1. The predicted molar refractivity (Wildman–Crippen MR) is 168 cm³/mol. The second kappa shape index (κ2) is 16.2. The number of aliphatic hydroxyl groups is 1. The molecular formula is C35H59N3O3. The Labute approximate surface area is 250 Å². The van der Waals surface area contributed by atoms with Crippen molar-refractivity contribution in [1.29, 1.82) is 0 Å². The van der Waals surface area contributed by atoms with E-state index in [0.717, 1.165) is 49.5 Å². The molecule has 1 heterocycles. The van der Waals surface area contributed by atoms with E-state index in [1.807, 2.05) is 12.3 Å². The van der Waals surface area contributed by atoms with E-state index >= 15 is 0 Å². The third-order valence-corrected chi connectivity index (χ3v) is 11.7. The van der Waals surface area contributed by atoms with Gasteiger partial charge in [0, 0.05) is 18.8 Å². The second-order valence-electron chi connectivity index (χ2n) is 13.5. The van der Waals surface area contributed by atoms with Crippen molar-refractivity contribution < 1.29 is 14.6 Å². The van der Waals surface area contributed by atoms with Gasteiger partial charge in [0.1, 0.15) is 0 Å². The van der Waals surface area contributed by atoms with Gasteiger partial charge in [-0.3, -0.25) is 9.78 Å². The maximum atomic E-state index is 11.5. The maximum absolute atomic E-state index is 11.5. The van der Waals surface area contributed by atoms with Gasteiger partial charge in [-0.05, 0) is 130 Å². The molecular weight excluding hydrogens is 510 g/mol. The monoisotopic (exact) mass is 569 g/mol. The van der Waals surface area contributed by atoms with Gasteiger partial charge in [0.2, 0.25) is 0 Å². The Morgan fingerprint density at radius 1 is 1.05 bits per heavy atom. The predicted octanol–water partition coefficient (Wildman–Crippen LogP) is 6.54. The molecule has 3 N–H and O–H groups in total. The van der Waals surface area contributed by atoms with Crippen LogP contribution in [0.2, 0.25) is 0 Å². The number of nitrogens with zero attached hydrogens (tertiary/aromatic N) is 1. The second-order valence-corrected chi connectivity index (χ2v) is 13.5. The molecule has 0 amide bonds. The fourth-order valence-electron chi connectivity index (χ4n) is 9.59. The number of fused-ring (bicyclic) bond motifs is 5. The first-order chi connectivity index (χ1) is 19.9. The summed E-state index contributed by atoms with van der Waals surface area (Å²) in [7, 11) is 1.31. The molecule has 4 aliphatic rings. The molecule has 232 valence electrons. The molecule has 0 aliphatic heterocycles. The quantitative estimate of drug-likeness (QED) is 0.169. The van der Waals surface area contributed by atoms with Crippen molar-refractivity contribution in [2.75, 3.05) is 20.2 Å². The Hall–Kier alpha value is -1.76. The summed E-state index contributed by atoms with van der Waals surface area (Å²) in [6, 6.07) is 6.74. The standard InChI is InChI=1S/C31H51N3O.C2H4O2.C2H4/c1-4-22-10-11-26-29-27(13-15-30(22,26)2)31(3)14-12-24(19-23(31)20-28(29)35)33-18-8-7-16-32-21-25-9-5-6-17-34-25;1-4-2-3;1-2/h5-6,9,17,22-24,26-29,32-33,35H,4,7-8,10-16,18-21H2,1-3H3;2H,1H3;1-2H2/t22-,23-,24-,26-,27-,28+,29-,30+,31-;;/m0../s1. The Balaban J connectivity index is 0.000000710. The van der Waals surface area contributed by atoms with Gasteiger partial charge in [-0.15, -0.1) is 13.2 Å². The molecule has 0 unspecified atom stereocenters. The number of aromatic nitrogens is 1. The highest BCUT2D eigenvalue weighted by Crippen LogP contribution is 2.67. The van der Waals surface area contributed by atoms with Crippen LogP contribution < -0.4 is 10.6 Å². The van der Waals surface area contributed by atoms with E-state index in [0.29, 0.717) is 35.2 Å². The van der Waals surface area contributed by atoms with Gasteiger partial charge in [0.05, 0.1) is 18.9 Å². The van der Waals surface area contributed by atoms with Crippen molar-refractivity contribution in [2.24, 2.45) is 40.4 Å². The summed E-state index contributed by atoms with van der Waals surface area (Å²) >= 11 is 0. The van der Waals surface area contributed by atoms with Crippen molar-refractivity contribution in [3.05, 3.63) is 43.2 Å². The van der Waals surface area contributed by atoms with Crippen LogP contribution in [-0.4, -0.2) is 48.9 Å². The highest BCUT2D eigenvalue weighted by Gasteiger charge is 2.62. The maximum Gasteiger partial charge on any atom is 0.292 e. The lowest BCUT2D eigenvalue weighted by atomic mass is 9.44. The summed E-state index contributed by atoms with van der Waals surface area (Å²) in [4.78, 5) is 13.3. The normalized spacial score (nSPS) is 37.1. The van der Waals surface area contributed by atoms with Crippen LogP contribution in [-0.2, 0) is 16.1 Å². The molecule has 4 fully saturated rings. The molecule has 0 saturated heterocycles. The van der Waals surface area contributed by atoms with E-state index < -0.39 is 0 Å². The zero-order valence-corrected chi connectivity index (χ0v) is 26.5. The van der Waals surface area contributed by atoms with Crippen LogP contribution in [0.1, 0.15) is 97.1 Å². The summed E-state index contributed by atoms with van der Waals surface area (Å²) in [5, 5.41) is 18.9. The number of hydrogen-bond acceptors (Lipinski definition) is 6. The summed E-state index contributed by atoms with van der Waals surface area (Å²) in [5.41, 5.74) is 2.06. The SMILES string of the molecule is C=C.CC[C@H]1CC[C@H]2[C@@H]3[C@H](O)C[C@@H]4C[C@@H](NCCCCNCc5ccccn5)CC[C@]4(C)[C@H]3CC[C@]12C.COC=O. The number of methoxy groups -OCH3 is 1. The van der Waals surface area contributed by atoms with Gasteiger partial charge < -0.3 is 20.5 Å². The van der Waals surface area contributed by atoms with Crippen LogP contribution in [0, 0.1) is 40.4 Å². The Kier molecular flexibility index (Phi) is 13.3. The Morgan fingerprint density at radius 2 is 1.76 bits per heavy atom. The van der Waals surface area contributed by atoms with Gasteiger partial charge >= 0.3 is 0 Å². The number of ether oxygens (including phenoxy) is 1. The van der Waals surface area contributed by atoms with Crippen LogP contribution in [0.3, 0.4) is 0 Å². The average Bonchev–Trinajstić information content (AvgIpc) is 3.35. The third-order valence-electron chi connectivity index (χ3n) is 11.7.